The van der Waals surface area contributed by atoms with E-state index in [4.69, 9.17) is 29.1 Å². The quantitative estimate of drug-likeness (QED) is 0.176. The first-order chi connectivity index (χ1) is 31.2. The Kier molecular flexibility index (Phi) is 7.72. The lowest BCUT2D eigenvalue weighted by Gasteiger charge is -2.42. The molecule has 1 aliphatic heterocycles. The van der Waals surface area contributed by atoms with Crippen molar-refractivity contribution in [3.63, 3.8) is 0 Å². The molecule has 4 heterocycles. The Balaban J connectivity index is 1.11. The second-order valence-corrected chi connectivity index (χ2v) is 16.1. The Morgan fingerprint density at radius 2 is 0.968 bits per heavy atom. The molecule has 63 heavy (non-hydrogen) atoms. The second-order valence-electron chi connectivity index (χ2n) is 16.1. The van der Waals surface area contributed by atoms with Gasteiger partial charge < -0.3 is 9.15 Å². The lowest BCUT2D eigenvalue weighted by Crippen LogP contribution is -2.34. The summed E-state index contributed by atoms with van der Waals surface area (Å²) in [4.78, 5) is 20.0. The Labute approximate surface area is 362 Å². The summed E-state index contributed by atoms with van der Waals surface area (Å²) in [6.07, 6.45) is 3.63. The molecule has 11 aromatic rings. The fourth-order valence-electron chi connectivity index (χ4n) is 9.89. The van der Waals surface area contributed by atoms with Crippen molar-refractivity contribution < 1.29 is 9.15 Å². The lowest BCUT2D eigenvalue weighted by atomic mass is 9.62. The molecule has 6 heteroatoms. The Morgan fingerprint density at radius 1 is 0.349 bits per heavy atom. The Bertz CT molecular complexity index is 3600. The summed E-state index contributed by atoms with van der Waals surface area (Å²) in [5.41, 5.74) is 14.9. The second kappa shape index (κ2) is 13.8. The van der Waals surface area contributed by atoms with Crippen LogP contribution in [0.4, 0.5) is 0 Å². The van der Waals surface area contributed by atoms with Crippen molar-refractivity contribution in [1.29, 1.82) is 0 Å². The minimum absolute atomic E-state index is 0.542. The van der Waals surface area contributed by atoms with Crippen LogP contribution in [0.1, 0.15) is 22.3 Å². The van der Waals surface area contributed by atoms with E-state index in [2.05, 4.69) is 133 Å². The van der Waals surface area contributed by atoms with E-state index in [-0.39, 0.29) is 0 Å². The van der Waals surface area contributed by atoms with E-state index in [0.29, 0.717) is 11.6 Å². The van der Waals surface area contributed by atoms with Crippen molar-refractivity contribution in [3.8, 4) is 79.0 Å². The Morgan fingerprint density at radius 3 is 1.75 bits per heavy atom. The minimum atomic E-state index is -0.850. The highest BCUT2D eigenvalue weighted by atomic mass is 16.5. The molecule has 0 bridgehead atoms. The van der Waals surface area contributed by atoms with Crippen molar-refractivity contribution in [2.45, 2.75) is 5.41 Å². The summed E-state index contributed by atoms with van der Waals surface area (Å²) < 4.78 is 13.6. The number of hydrogen-bond acceptors (Lipinski definition) is 6. The molecule has 294 valence electrons. The summed E-state index contributed by atoms with van der Waals surface area (Å²) >= 11 is 0. The molecule has 0 radical (unpaired) electrons. The highest BCUT2D eigenvalue weighted by molar-refractivity contribution is 6.06. The average molecular weight is 807 g/mol. The topological polar surface area (TPSA) is 73.9 Å². The molecule has 1 aliphatic carbocycles. The van der Waals surface area contributed by atoms with Crippen LogP contribution >= 0.6 is 0 Å². The first-order valence-corrected chi connectivity index (χ1v) is 21.1. The van der Waals surface area contributed by atoms with Crippen LogP contribution in [0, 0.1) is 0 Å². The molecular weight excluding hydrogens is 773 g/mol. The van der Waals surface area contributed by atoms with Gasteiger partial charge in [-0.3, -0.25) is 0 Å². The number of benzene rings is 8. The maximum absolute atomic E-state index is 6.99. The van der Waals surface area contributed by atoms with Crippen LogP contribution in [0.3, 0.4) is 0 Å². The van der Waals surface area contributed by atoms with Crippen molar-refractivity contribution in [1.82, 2.24) is 19.9 Å². The summed E-state index contributed by atoms with van der Waals surface area (Å²) in [7, 11) is 0. The number of ether oxygens (including phenoxy) is 1. The fraction of sp³-hybridized carbons (Fsp3) is 0.0175. The first kappa shape index (κ1) is 35.3. The predicted octanol–water partition coefficient (Wildman–Crippen LogP) is 14.0. The van der Waals surface area contributed by atoms with E-state index in [1.807, 2.05) is 73.1 Å². The maximum atomic E-state index is 6.99. The molecule has 8 aromatic carbocycles. The molecule has 6 nitrogen and oxygen atoms in total. The third-order valence-corrected chi connectivity index (χ3v) is 12.7. The van der Waals surface area contributed by atoms with Crippen molar-refractivity contribution in [2.24, 2.45) is 0 Å². The first-order valence-electron chi connectivity index (χ1n) is 21.1. The van der Waals surface area contributed by atoms with Crippen LogP contribution in [-0.2, 0) is 5.41 Å². The van der Waals surface area contributed by atoms with Crippen molar-refractivity contribution in [2.75, 3.05) is 0 Å². The normalized spacial score (nSPS) is 14.5. The molecule has 13 rings (SSSR count). The van der Waals surface area contributed by atoms with E-state index < -0.39 is 5.41 Å². The van der Waals surface area contributed by atoms with Gasteiger partial charge in [-0.05, 0) is 69.8 Å². The fourth-order valence-corrected chi connectivity index (χ4v) is 9.89. The number of nitrogens with zero attached hydrogens (tertiary/aromatic N) is 4. The highest BCUT2D eigenvalue weighted by Gasteiger charge is 2.49. The largest absolute Gasteiger partial charge is 0.457 e. The highest BCUT2D eigenvalue weighted by Crippen LogP contribution is 2.62. The summed E-state index contributed by atoms with van der Waals surface area (Å²) in [6, 6.07) is 67.9. The van der Waals surface area contributed by atoms with E-state index in [0.717, 1.165) is 106 Å². The number of para-hydroxylation sites is 2. The Hall–Kier alpha value is -8.48. The van der Waals surface area contributed by atoms with Gasteiger partial charge in [-0.1, -0.05) is 158 Å². The van der Waals surface area contributed by atoms with Gasteiger partial charge in [0.05, 0.1) is 22.4 Å². The SMILES string of the molecule is c1ccc(-c2cc(-c3ccc4c(c3)C3(c5ccccc5Oc5cc6c(cc53)oc3ccccc36)c3ccccc3-c3ccccc3-4)nc(-c3cnc(-c4ccccc4)nc3)n2)cc1. The van der Waals surface area contributed by atoms with E-state index in [1.165, 1.54) is 5.56 Å². The average Bonchev–Trinajstić information content (AvgIpc) is 3.68. The van der Waals surface area contributed by atoms with E-state index >= 15 is 0 Å². The van der Waals surface area contributed by atoms with Gasteiger partial charge in [-0.25, -0.2) is 19.9 Å². The number of fused-ring (bicyclic) bond motifs is 14. The molecule has 0 saturated carbocycles. The van der Waals surface area contributed by atoms with Gasteiger partial charge in [0.25, 0.3) is 0 Å². The van der Waals surface area contributed by atoms with Crippen LogP contribution in [0.25, 0.3) is 89.5 Å². The van der Waals surface area contributed by atoms with Crippen LogP contribution < -0.4 is 4.74 Å². The van der Waals surface area contributed by atoms with Gasteiger partial charge in [0.15, 0.2) is 11.6 Å². The van der Waals surface area contributed by atoms with Gasteiger partial charge in [-0.2, -0.15) is 0 Å². The standard InChI is InChI=1S/C57H34N4O2/c1-3-15-35(16-4-1)49-32-50(61-56(60-49)38-33-58-55(59-34-38)36-17-5-2-6-18-36)37-27-28-42-40-20-8-7-19-39(40)41-21-9-11-23-45(41)57(47(42)29-37)46-24-12-14-26-52(46)63-54-30-44-43-22-10-13-25-51(43)62-53(44)31-48(54)57/h1-34H. The molecule has 3 aromatic heterocycles. The van der Waals surface area contributed by atoms with Crippen molar-refractivity contribution >= 4 is 21.9 Å². The van der Waals surface area contributed by atoms with E-state index in [9.17, 15) is 0 Å². The van der Waals surface area contributed by atoms with Gasteiger partial charge >= 0.3 is 0 Å². The van der Waals surface area contributed by atoms with Gasteiger partial charge in [0, 0.05) is 51.0 Å². The third kappa shape index (κ3) is 5.38. The third-order valence-electron chi connectivity index (χ3n) is 12.7. The van der Waals surface area contributed by atoms with Gasteiger partial charge in [-0.15, -0.1) is 0 Å². The van der Waals surface area contributed by atoms with Crippen LogP contribution in [-0.4, -0.2) is 19.9 Å². The van der Waals surface area contributed by atoms with Crippen LogP contribution in [0.5, 0.6) is 11.5 Å². The zero-order valence-corrected chi connectivity index (χ0v) is 33.7. The summed E-state index contributed by atoms with van der Waals surface area (Å²) in [6.45, 7) is 0. The predicted molar refractivity (Wildman–Crippen MR) is 249 cm³/mol. The maximum Gasteiger partial charge on any atom is 0.163 e. The molecule has 1 spiro atoms. The smallest absolute Gasteiger partial charge is 0.163 e. The number of hydrogen-bond donors (Lipinski definition) is 0. The van der Waals surface area contributed by atoms with Gasteiger partial charge in [0.1, 0.15) is 22.7 Å². The molecule has 1 atom stereocenters. The summed E-state index contributed by atoms with van der Waals surface area (Å²) in [5, 5.41) is 2.07. The molecule has 2 aliphatic rings. The molecule has 1 unspecified atom stereocenters. The number of rotatable bonds is 4. The molecule has 0 N–H and O–H groups in total. The number of aromatic nitrogens is 4. The van der Waals surface area contributed by atoms with E-state index in [1.54, 1.807) is 0 Å². The minimum Gasteiger partial charge on any atom is -0.457 e. The summed E-state index contributed by atoms with van der Waals surface area (Å²) in [5.74, 6) is 2.79. The lowest BCUT2D eigenvalue weighted by molar-refractivity contribution is 0.435. The molecule has 0 fully saturated rings. The van der Waals surface area contributed by atoms with Crippen molar-refractivity contribution in [3.05, 3.63) is 229 Å². The van der Waals surface area contributed by atoms with Crippen LogP contribution in [0.15, 0.2) is 211 Å². The van der Waals surface area contributed by atoms with Gasteiger partial charge in [0.2, 0.25) is 0 Å². The monoisotopic (exact) mass is 806 g/mol. The van der Waals surface area contributed by atoms with Crippen LogP contribution in [0.2, 0.25) is 0 Å². The number of furan rings is 1. The zero-order valence-electron chi connectivity index (χ0n) is 33.7. The molecule has 0 saturated heterocycles. The molecule has 0 amide bonds. The molecular formula is C57H34N4O2. The zero-order chi connectivity index (χ0) is 41.5.